The second-order valence-electron chi connectivity index (χ2n) is 5.15. The molecule has 0 radical (unpaired) electrons. The summed E-state index contributed by atoms with van der Waals surface area (Å²) in [6, 6.07) is 4.20. The van der Waals surface area contributed by atoms with Gasteiger partial charge in [0.05, 0.1) is 10.6 Å². The Morgan fingerprint density at radius 3 is 2.59 bits per heavy atom. The Hall–Kier alpha value is -2.21. The molecular formula is C15H16ClFN4O. The van der Waals surface area contributed by atoms with Crippen LogP contribution in [0.5, 0.6) is 0 Å². The number of rotatable bonds is 5. The molecule has 1 aromatic heterocycles. The maximum absolute atomic E-state index is 13.1. The number of carbonyl (C=O) groups excluding carboxylic acids is 1. The number of aromatic nitrogens is 2. The Bertz CT molecular complexity index is 661. The fourth-order valence-electron chi connectivity index (χ4n) is 1.61. The molecule has 2 rings (SSSR count). The lowest BCUT2D eigenvalue weighted by molar-refractivity contribution is 0.0948. The van der Waals surface area contributed by atoms with E-state index in [1.54, 1.807) is 0 Å². The minimum atomic E-state index is -0.495. The molecule has 1 heterocycles. The van der Waals surface area contributed by atoms with Crippen molar-refractivity contribution in [2.24, 2.45) is 5.92 Å². The van der Waals surface area contributed by atoms with Crippen molar-refractivity contribution in [3.05, 3.63) is 47.0 Å². The molecule has 2 aromatic rings. The molecule has 0 aliphatic rings. The van der Waals surface area contributed by atoms with E-state index in [9.17, 15) is 9.18 Å². The number of anilines is 2. The maximum atomic E-state index is 13.1. The van der Waals surface area contributed by atoms with Gasteiger partial charge in [0.1, 0.15) is 5.82 Å². The highest BCUT2D eigenvalue weighted by Crippen LogP contribution is 2.21. The molecule has 0 aliphatic carbocycles. The predicted molar refractivity (Wildman–Crippen MR) is 83.9 cm³/mol. The second-order valence-corrected chi connectivity index (χ2v) is 5.56. The molecule has 0 aliphatic heterocycles. The first kappa shape index (κ1) is 16.2. The van der Waals surface area contributed by atoms with Crippen LogP contribution in [0.15, 0.2) is 30.6 Å². The Morgan fingerprint density at radius 2 is 2.00 bits per heavy atom. The molecule has 1 aromatic carbocycles. The second kappa shape index (κ2) is 7.17. The number of amides is 1. The zero-order valence-electron chi connectivity index (χ0n) is 12.2. The predicted octanol–water partition coefficient (Wildman–Crippen LogP) is 3.40. The van der Waals surface area contributed by atoms with Gasteiger partial charge in [0, 0.05) is 24.6 Å². The van der Waals surface area contributed by atoms with Crippen molar-refractivity contribution >= 4 is 29.1 Å². The van der Waals surface area contributed by atoms with Crippen LogP contribution >= 0.6 is 11.6 Å². The van der Waals surface area contributed by atoms with Gasteiger partial charge in [0.25, 0.3) is 5.91 Å². The van der Waals surface area contributed by atoms with Crippen LogP contribution in [-0.4, -0.2) is 22.4 Å². The van der Waals surface area contributed by atoms with E-state index >= 15 is 0 Å². The summed E-state index contributed by atoms with van der Waals surface area (Å²) in [4.78, 5) is 19.9. The van der Waals surface area contributed by atoms with Gasteiger partial charge in [-0.15, -0.1) is 0 Å². The number of benzene rings is 1. The van der Waals surface area contributed by atoms with Crippen molar-refractivity contribution in [1.82, 2.24) is 15.3 Å². The van der Waals surface area contributed by atoms with Crippen molar-refractivity contribution in [3.63, 3.8) is 0 Å². The summed E-state index contributed by atoms with van der Waals surface area (Å²) < 4.78 is 13.1. The van der Waals surface area contributed by atoms with E-state index < -0.39 is 5.82 Å². The molecule has 0 bridgehead atoms. The fraction of sp³-hybridized carbons (Fsp3) is 0.267. The molecule has 2 N–H and O–H groups in total. The summed E-state index contributed by atoms with van der Waals surface area (Å²) in [5.74, 6) is -0.0486. The van der Waals surface area contributed by atoms with Crippen molar-refractivity contribution in [2.75, 3.05) is 11.9 Å². The smallest absolute Gasteiger partial charge is 0.254 e. The monoisotopic (exact) mass is 322 g/mol. The number of nitrogens with zero attached hydrogens (tertiary/aromatic N) is 2. The molecule has 0 unspecified atom stereocenters. The molecule has 0 spiro atoms. The standard InChI is InChI=1S/C15H16ClFN4O/c1-9(2)6-18-14(22)10-7-19-15(20-8-10)21-11-3-4-13(17)12(16)5-11/h3-5,7-9H,6H2,1-2H3,(H,18,22)(H,19,20,21). The highest BCUT2D eigenvalue weighted by Gasteiger charge is 2.08. The van der Waals surface area contributed by atoms with Gasteiger partial charge in [-0.2, -0.15) is 0 Å². The van der Waals surface area contributed by atoms with Gasteiger partial charge < -0.3 is 10.6 Å². The van der Waals surface area contributed by atoms with Gasteiger partial charge in [0.15, 0.2) is 0 Å². The first-order chi connectivity index (χ1) is 10.5. The molecular weight excluding hydrogens is 307 g/mol. The SMILES string of the molecule is CC(C)CNC(=O)c1cnc(Nc2ccc(F)c(Cl)c2)nc1. The maximum Gasteiger partial charge on any atom is 0.254 e. The number of hydrogen-bond acceptors (Lipinski definition) is 4. The van der Waals surface area contributed by atoms with Crippen LogP contribution in [0.25, 0.3) is 0 Å². The van der Waals surface area contributed by atoms with E-state index in [0.717, 1.165) is 0 Å². The summed E-state index contributed by atoms with van der Waals surface area (Å²) in [7, 11) is 0. The van der Waals surface area contributed by atoms with Gasteiger partial charge in [-0.3, -0.25) is 4.79 Å². The third-order valence-electron chi connectivity index (χ3n) is 2.76. The molecule has 116 valence electrons. The Balaban J connectivity index is 2.02. The lowest BCUT2D eigenvalue weighted by Gasteiger charge is -2.08. The Morgan fingerprint density at radius 1 is 1.32 bits per heavy atom. The van der Waals surface area contributed by atoms with Crippen LogP contribution in [0.2, 0.25) is 5.02 Å². The Kier molecular flexibility index (Phi) is 5.27. The topological polar surface area (TPSA) is 66.9 Å². The van der Waals surface area contributed by atoms with E-state index in [1.165, 1.54) is 30.6 Å². The first-order valence-corrected chi connectivity index (χ1v) is 7.16. The summed E-state index contributed by atoms with van der Waals surface area (Å²) in [5, 5.41) is 5.68. The lowest BCUT2D eigenvalue weighted by Crippen LogP contribution is -2.27. The lowest BCUT2D eigenvalue weighted by atomic mass is 10.2. The van der Waals surface area contributed by atoms with Crippen LogP contribution in [0, 0.1) is 11.7 Å². The molecule has 0 atom stereocenters. The van der Waals surface area contributed by atoms with E-state index in [2.05, 4.69) is 20.6 Å². The first-order valence-electron chi connectivity index (χ1n) is 6.78. The summed E-state index contributed by atoms with van der Waals surface area (Å²) in [6.45, 7) is 4.61. The van der Waals surface area contributed by atoms with Crippen molar-refractivity contribution < 1.29 is 9.18 Å². The molecule has 5 nitrogen and oxygen atoms in total. The highest BCUT2D eigenvalue weighted by molar-refractivity contribution is 6.31. The molecule has 0 saturated heterocycles. The van der Waals surface area contributed by atoms with Gasteiger partial charge in [-0.1, -0.05) is 25.4 Å². The Labute approximate surface area is 132 Å². The highest BCUT2D eigenvalue weighted by atomic mass is 35.5. The van der Waals surface area contributed by atoms with Crippen LogP contribution in [0.3, 0.4) is 0 Å². The summed E-state index contributed by atoms with van der Waals surface area (Å²) in [5.41, 5.74) is 0.937. The largest absolute Gasteiger partial charge is 0.352 e. The van der Waals surface area contributed by atoms with Gasteiger partial charge in [0.2, 0.25) is 5.95 Å². The molecule has 1 amide bonds. The van der Waals surface area contributed by atoms with Crippen molar-refractivity contribution in [1.29, 1.82) is 0 Å². The average Bonchev–Trinajstić information content (AvgIpc) is 2.49. The van der Waals surface area contributed by atoms with Crippen molar-refractivity contribution in [2.45, 2.75) is 13.8 Å². The molecule has 0 fully saturated rings. The third-order valence-corrected chi connectivity index (χ3v) is 3.05. The zero-order valence-corrected chi connectivity index (χ0v) is 13.0. The fourth-order valence-corrected chi connectivity index (χ4v) is 1.79. The number of carbonyl (C=O) groups is 1. The van der Waals surface area contributed by atoms with Crippen LogP contribution < -0.4 is 10.6 Å². The van der Waals surface area contributed by atoms with E-state index in [1.807, 2.05) is 13.8 Å². The van der Waals surface area contributed by atoms with Gasteiger partial charge in [-0.25, -0.2) is 14.4 Å². The zero-order chi connectivity index (χ0) is 16.1. The average molecular weight is 323 g/mol. The quantitative estimate of drug-likeness (QED) is 0.885. The number of hydrogen-bond donors (Lipinski definition) is 2. The molecule has 22 heavy (non-hydrogen) atoms. The minimum Gasteiger partial charge on any atom is -0.352 e. The van der Waals surface area contributed by atoms with E-state index in [0.29, 0.717) is 29.7 Å². The van der Waals surface area contributed by atoms with Crippen LogP contribution in [-0.2, 0) is 0 Å². The van der Waals surface area contributed by atoms with E-state index in [-0.39, 0.29) is 10.9 Å². The minimum absolute atomic E-state index is 0.00897. The normalized spacial score (nSPS) is 10.6. The van der Waals surface area contributed by atoms with Crippen LogP contribution in [0.4, 0.5) is 16.0 Å². The van der Waals surface area contributed by atoms with Crippen LogP contribution in [0.1, 0.15) is 24.2 Å². The van der Waals surface area contributed by atoms with Crippen molar-refractivity contribution in [3.8, 4) is 0 Å². The molecule has 7 heteroatoms. The van der Waals surface area contributed by atoms with Gasteiger partial charge in [-0.05, 0) is 24.1 Å². The van der Waals surface area contributed by atoms with Gasteiger partial charge >= 0.3 is 0 Å². The number of halogens is 2. The van der Waals surface area contributed by atoms with E-state index in [4.69, 9.17) is 11.6 Å². The summed E-state index contributed by atoms with van der Waals surface area (Å²) >= 11 is 5.70. The summed E-state index contributed by atoms with van der Waals surface area (Å²) in [6.07, 6.45) is 2.85. The third kappa shape index (κ3) is 4.39. The molecule has 0 saturated carbocycles. The number of nitrogens with one attached hydrogen (secondary N) is 2.